The number of fused-ring (bicyclic) bond motifs is 3. The molecule has 2 unspecified atom stereocenters. The third-order valence-corrected chi connectivity index (χ3v) is 3.65. The smallest absolute Gasteiger partial charge is 0.308 e. The van der Waals surface area contributed by atoms with Crippen molar-refractivity contribution in [3.05, 3.63) is 29.6 Å². The summed E-state index contributed by atoms with van der Waals surface area (Å²) in [5.41, 5.74) is 1.56. The van der Waals surface area contributed by atoms with E-state index < -0.39 is 5.97 Å². The number of anilines is 1. The van der Waals surface area contributed by atoms with Crippen LogP contribution < -0.4 is 4.90 Å². The molecule has 16 heavy (non-hydrogen) atoms. The van der Waals surface area contributed by atoms with E-state index in [2.05, 4.69) is 0 Å². The Kier molecular flexibility index (Phi) is 1.93. The first-order valence-electron chi connectivity index (χ1n) is 5.45. The molecule has 2 atom stereocenters. The molecule has 3 rings (SSSR count). The third-order valence-electron chi connectivity index (χ3n) is 3.65. The highest BCUT2D eigenvalue weighted by Crippen LogP contribution is 2.41. The van der Waals surface area contributed by atoms with Gasteiger partial charge in [0.1, 0.15) is 5.82 Å². The Morgan fingerprint density at radius 2 is 2.31 bits per heavy atom. The van der Waals surface area contributed by atoms with E-state index in [0.29, 0.717) is 25.1 Å². The van der Waals surface area contributed by atoms with Crippen LogP contribution in [0.1, 0.15) is 12.0 Å². The van der Waals surface area contributed by atoms with Gasteiger partial charge in [-0.25, -0.2) is 4.39 Å². The van der Waals surface area contributed by atoms with Gasteiger partial charge in [0.25, 0.3) is 0 Å². The van der Waals surface area contributed by atoms with E-state index in [9.17, 15) is 9.18 Å². The van der Waals surface area contributed by atoms with Gasteiger partial charge in [0, 0.05) is 12.6 Å². The van der Waals surface area contributed by atoms with Crippen LogP contribution in [0.3, 0.4) is 0 Å². The lowest BCUT2D eigenvalue weighted by Crippen LogP contribution is -2.32. The first kappa shape index (κ1) is 9.63. The zero-order valence-electron chi connectivity index (χ0n) is 8.69. The molecule has 1 fully saturated rings. The maximum absolute atomic E-state index is 13.7. The number of halogens is 1. The van der Waals surface area contributed by atoms with Gasteiger partial charge in [-0.15, -0.1) is 0 Å². The number of aliphatic carboxylic acids is 1. The van der Waals surface area contributed by atoms with E-state index in [0.717, 1.165) is 5.56 Å². The molecule has 0 bridgehead atoms. The molecule has 0 radical (unpaired) electrons. The Morgan fingerprint density at radius 1 is 1.50 bits per heavy atom. The molecule has 1 N–H and O–H groups in total. The van der Waals surface area contributed by atoms with Gasteiger partial charge in [0.15, 0.2) is 0 Å². The van der Waals surface area contributed by atoms with Gasteiger partial charge in [0.05, 0.1) is 11.6 Å². The minimum absolute atomic E-state index is 0.0515. The number of rotatable bonds is 1. The molecule has 0 saturated carbocycles. The van der Waals surface area contributed by atoms with Crippen LogP contribution in [0.4, 0.5) is 10.1 Å². The van der Waals surface area contributed by atoms with Crippen LogP contribution in [-0.2, 0) is 11.2 Å². The summed E-state index contributed by atoms with van der Waals surface area (Å²) in [6.07, 6.45) is 1.28. The van der Waals surface area contributed by atoms with Crippen molar-refractivity contribution in [1.29, 1.82) is 0 Å². The van der Waals surface area contributed by atoms with E-state index in [-0.39, 0.29) is 17.8 Å². The molecule has 2 aliphatic rings. The Labute approximate surface area is 92.5 Å². The average Bonchev–Trinajstić information content (AvgIpc) is 2.74. The van der Waals surface area contributed by atoms with Crippen LogP contribution in [0, 0.1) is 11.7 Å². The number of carbonyl (C=O) groups is 1. The van der Waals surface area contributed by atoms with Gasteiger partial charge >= 0.3 is 5.97 Å². The molecule has 84 valence electrons. The van der Waals surface area contributed by atoms with E-state index >= 15 is 0 Å². The number of hydrogen-bond donors (Lipinski definition) is 1. The summed E-state index contributed by atoms with van der Waals surface area (Å²) in [6.45, 7) is 0.648. The maximum atomic E-state index is 13.7. The van der Waals surface area contributed by atoms with E-state index in [1.54, 1.807) is 6.07 Å². The molecule has 1 aromatic carbocycles. The number of nitrogens with zero attached hydrogens (tertiary/aromatic N) is 1. The molecule has 0 aromatic heterocycles. The third kappa shape index (κ3) is 1.16. The SMILES string of the molecule is O=C(O)C1CCN2c3c(F)cccc3CC12. The van der Waals surface area contributed by atoms with Gasteiger partial charge < -0.3 is 10.0 Å². The van der Waals surface area contributed by atoms with Gasteiger partial charge in [-0.3, -0.25) is 4.79 Å². The van der Waals surface area contributed by atoms with E-state index in [4.69, 9.17) is 5.11 Å². The molecule has 1 saturated heterocycles. The largest absolute Gasteiger partial charge is 0.481 e. The Balaban J connectivity index is 2.01. The second-order valence-electron chi connectivity index (χ2n) is 4.45. The van der Waals surface area contributed by atoms with Crippen molar-refractivity contribution in [3.8, 4) is 0 Å². The molecule has 3 nitrogen and oxygen atoms in total. The number of hydrogen-bond acceptors (Lipinski definition) is 2. The topological polar surface area (TPSA) is 40.5 Å². The first-order valence-corrected chi connectivity index (χ1v) is 5.45. The van der Waals surface area contributed by atoms with Crippen molar-refractivity contribution in [1.82, 2.24) is 0 Å². The predicted octanol–water partition coefficient (Wildman–Crippen LogP) is 1.66. The van der Waals surface area contributed by atoms with Crippen LogP contribution in [-0.4, -0.2) is 23.7 Å². The normalized spacial score (nSPS) is 26.7. The summed E-state index contributed by atoms with van der Waals surface area (Å²) < 4.78 is 13.7. The summed E-state index contributed by atoms with van der Waals surface area (Å²) in [4.78, 5) is 13.0. The number of para-hydroxylation sites is 1. The van der Waals surface area contributed by atoms with Gasteiger partial charge in [-0.2, -0.15) is 0 Å². The van der Waals surface area contributed by atoms with Crippen molar-refractivity contribution in [2.75, 3.05) is 11.4 Å². The lowest BCUT2D eigenvalue weighted by Gasteiger charge is -2.20. The van der Waals surface area contributed by atoms with Gasteiger partial charge in [-0.1, -0.05) is 12.1 Å². The van der Waals surface area contributed by atoms with Crippen LogP contribution in [0.2, 0.25) is 0 Å². The van der Waals surface area contributed by atoms with E-state index in [1.165, 1.54) is 6.07 Å². The molecule has 0 aliphatic carbocycles. The summed E-state index contributed by atoms with van der Waals surface area (Å²) in [5.74, 6) is -1.35. The Bertz CT molecular complexity index is 460. The predicted molar refractivity (Wildman–Crippen MR) is 57.0 cm³/mol. The molecule has 4 heteroatoms. The van der Waals surface area contributed by atoms with E-state index in [1.807, 2.05) is 11.0 Å². The van der Waals surface area contributed by atoms with Crippen LogP contribution >= 0.6 is 0 Å². The molecule has 1 aromatic rings. The van der Waals surface area contributed by atoms with Crippen molar-refractivity contribution >= 4 is 11.7 Å². The number of carboxylic acid groups (broad SMARTS) is 1. The fraction of sp³-hybridized carbons (Fsp3) is 0.417. The number of benzene rings is 1. The summed E-state index contributed by atoms with van der Waals surface area (Å²) in [5, 5.41) is 9.09. The molecule has 0 amide bonds. The Hall–Kier alpha value is -1.58. The summed E-state index contributed by atoms with van der Waals surface area (Å²) in [7, 11) is 0. The van der Waals surface area contributed by atoms with Crippen molar-refractivity contribution in [3.63, 3.8) is 0 Å². The van der Waals surface area contributed by atoms with Crippen LogP contribution in [0.5, 0.6) is 0 Å². The van der Waals surface area contributed by atoms with Crippen LogP contribution in [0.15, 0.2) is 18.2 Å². The van der Waals surface area contributed by atoms with Crippen LogP contribution in [0.25, 0.3) is 0 Å². The molecular formula is C12H12FNO2. The standard InChI is InChI=1S/C12H12FNO2/c13-9-3-1-2-7-6-10-8(12(15)16)4-5-14(10)11(7)9/h1-3,8,10H,4-6H2,(H,15,16). The fourth-order valence-corrected chi connectivity index (χ4v) is 2.94. The highest BCUT2D eigenvalue weighted by molar-refractivity contribution is 5.75. The van der Waals surface area contributed by atoms with Gasteiger partial charge in [-0.05, 0) is 24.5 Å². The highest BCUT2D eigenvalue weighted by Gasteiger charge is 2.44. The second-order valence-corrected chi connectivity index (χ2v) is 4.45. The number of carboxylic acids is 1. The minimum atomic E-state index is -0.763. The van der Waals surface area contributed by atoms with Crippen molar-refractivity contribution in [2.24, 2.45) is 5.92 Å². The first-order chi connectivity index (χ1) is 7.68. The maximum Gasteiger partial charge on any atom is 0.308 e. The minimum Gasteiger partial charge on any atom is -0.481 e. The average molecular weight is 221 g/mol. The van der Waals surface area contributed by atoms with Crippen molar-refractivity contribution in [2.45, 2.75) is 18.9 Å². The molecule has 0 spiro atoms. The lowest BCUT2D eigenvalue weighted by molar-refractivity contribution is -0.141. The second kappa shape index (κ2) is 3.20. The highest BCUT2D eigenvalue weighted by atomic mass is 19.1. The zero-order valence-corrected chi connectivity index (χ0v) is 8.69. The van der Waals surface area contributed by atoms with Gasteiger partial charge in [0.2, 0.25) is 0 Å². The monoisotopic (exact) mass is 221 g/mol. The summed E-state index contributed by atoms with van der Waals surface area (Å²) >= 11 is 0. The Morgan fingerprint density at radius 3 is 3.06 bits per heavy atom. The summed E-state index contributed by atoms with van der Waals surface area (Å²) in [6, 6.07) is 4.96. The zero-order chi connectivity index (χ0) is 11.3. The van der Waals surface area contributed by atoms with Crippen molar-refractivity contribution < 1.29 is 14.3 Å². The quantitative estimate of drug-likeness (QED) is 0.784. The lowest BCUT2D eigenvalue weighted by atomic mass is 9.97. The molecular weight excluding hydrogens is 209 g/mol. The molecule has 2 heterocycles. The molecule has 2 aliphatic heterocycles. The fourth-order valence-electron chi connectivity index (χ4n) is 2.94.